The molecular weight excluding hydrogens is 414 g/mol. The molecule has 1 aromatic heterocycles. The normalized spacial score (nSPS) is 17.8. The van der Waals surface area contributed by atoms with E-state index in [1.807, 2.05) is 0 Å². The molecule has 1 aliphatic heterocycles. The lowest BCUT2D eigenvalue weighted by molar-refractivity contribution is 0.183. The average Bonchev–Trinajstić information content (AvgIpc) is 3.40. The molecule has 2 aliphatic carbocycles. The highest BCUT2D eigenvalue weighted by Crippen LogP contribution is 2.38. The number of aromatic nitrogens is 2. The molecule has 166 valence electrons. The Bertz CT molecular complexity index is 1100. The number of fused-ring (bicyclic) bond motifs is 2. The SMILES string of the molecule is Cn1nc(S(=O)(=O)NC(=O)Nc2c3c(cc4c2CCC4)CCC3)cc1CCN1CCC1. The number of rotatable bonds is 6. The summed E-state index contributed by atoms with van der Waals surface area (Å²) in [5.41, 5.74) is 6.57. The Morgan fingerprint density at radius 1 is 1.03 bits per heavy atom. The first-order chi connectivity index (χ1) is 14.9. The molecule has 1 aromatic carbocycles. The summed E-state index contributed by atoms with van der Waals surface area (Å²) < 4.78 is 29.4. The van der Waals surface area contributed by atoms with Crippen LogP contribution in [0.4, 0.5) is 10.5 Å². The van der Waals surface area contributed by atoms with E-state index in [1.165, 1.54) is 28.7 Å². The van der Waals surface area contributed by atoms with Crippen LogP contribution in [0.3, 0.4) is 0 Å². The van der Waals surface area contributed by atoms with Crippen molar-refractivity contribution >= 4 is 21.7 Å². The number of nitrogens with zero attached hydrogens (tertiary/aromatic N) is 3. The third-order valence-corrected chi connectivity index (χ3v) is 8.01. The zero-order valence-electron chi connectivity index (χ0n) is 17.9. The second kappa shape index (κ2) is 7.94. The van der Waals surface area contributed by atoms with Crippen molar-refractivity contribution in [2.45, 2.75) is 56.4 Å². The lowest BCUT2D eigenvalue weighted by Crippen LogP contribution is -2.38. The summed E-state index contributed by atoms with van der Waals surface area (Å²) in [4.78, 5) is 15.0. The zero-order chi connectivity index (χ0) is 21.6. The Balaban J connectivity index is 1.31. The predicted molar refractivity (Wildman–Crippen MR) is 118 cm³/mol. The highest BCUT2D eigenvalue weighted by molar-refractivity contribution is 7.90. The summed E-state index contributed by atoms with van der Waals surface area (Å²) in [6.07, 6.45) is 7.97. The molecule has 0 unspecified atom stereocenters. The number of carbonyl (C=O) groups is 1. The highest BCUT2D eigenvalue weighted by atomic mass is 32.2. The fourth-order valence-corrected chi connectivity index (χ4v) is 5.92. The number of nitrogens with one attached hydrogen (secondary N) is 2. The number of urea groups is 1. The maximum atomic E-state index is 12.8. The summed E-state index contributed by atoms with van der Waals surface area (Å²) in [5, 5.41) is 6.90. The van der Waals surface area contributed by atoms with Gasteiger partial charge in [0.15, 0.2) is 5.03 Å². The van der Waals surface area contributed by atoms with Crippen molar-refractivity contribution in [1.29, 1.82) is 0 Å². The van der Waals surface area contributed by atoms with Gasteiger partial charge in [-0.15, -0.1) is 0 Å². The zero-order valence-corrected chi connectivity index (χ0v) is 18.7. The minimum Gasteiger partial charge on any atom is -0.307 e. The van der Waals surface area contributed by atoms with Crippen LogP contribution in [0.1, 0.15) is 47.2 Å². The van der Waals surface area contributed by atoms with E-state index in [2.05, 4.69) is 26.1 Å². The first-order valence-corrected chi connectivity index (χ1v) is 12.6. The van der Waals surface area contributed by atoms with Crippen LogP contribution >= 0.6 is 0 Å². The van der Waals surface area contributed by atoms with E-state index in [1.54, 1.807) is 17.8 Å². The first-order valence-electron chi connectivity index (χ1n) is 11.2. The second-order valence-corrected chi connectivity index (χ2v) is 10.5. The van der Waals surface area contributed by atoms with Crippen LogP contribution in [0.2, 0.25) is 0 Å². The summed E-state index contributed by atoms with van der Waals surface area (Å²) in [5.74, 6) is 0. The van der Waals surface area contributed by atoms with Gasteiger partial charge in [0.1, 0.15) is 0 Å². The number of sulfonamides is 1. The van der Waals surface area contributed by atoms with E-state index in [0.29, 0.717) is 0 Å². The van der Waals surface area contributed by atoms with Crippen molar-refractivity contribution in [2.24, 2.45) is 7.05 Å². The van der Waals surface area contributed by atoms with Crippen molar-refractivity contribution in [2.75, 3.05) is 25.0 Å². The minimum absolute atomic E-state index is 0.118. The standard InChI is InChI=1S/C22H29N5O3S/c1-26-17(9-12-27-10-4-11-27)14-20(24-26)31(29,30)25-22(28)23-21-18-7-2-5-15(18)13-16-6-3-8-19(16)21/h13-14H,2-12H2,1H3,(H2,23,25,28). The largest absolute Gasteiger partial charge is 0.333 e. The Kier molecular flexibility index (Phi) is 5.26. The number of carbonyl (C=O) groups excluding carboxylic acids is 1. The van der Waals surface area contributed by atoms with Gasteiger partial charge in [0, 0.05) is 37.5 Å². The van der Waals surface area contributed by atoms with Crippen LogP contribution in [-0.4, -0.2) is 48.8 Å². The van der Waals surface area contributed by atoms with Gasteiger partial charge in [-0.2, -0.15) is 13.5 Å². The van der Waals surface area contributed by atoms with Crippen molar-refractivity contribution in [3.8, 4) is 0 Å². The molecule has 2 amide bonds. The van der Waals surface area contributed by atoms with Crippen LogP contribution in [-0.2, 0) is 49.2 Å². The summed E-state index contributed by atoms with van der Waals surface area (Å²) >= 11 is 0. The molecule has 0 spiro atoms. The molecule has 9 heteroatoms. The van der Waals surface area contributed by atoms with Crippen LogP contribution < -0.4 is 10.0 Å². The molecule has 1 fully saturated rings. The minimum atomic E-state index is -4.05. The average molecular weight is 444 g/mol. The number of likely N-dealkylation sites (tertiary alicyclic amines) is 1. The van der Waals surface area contributed by atoms with Crippen LogP contribution in [0, 0.1) is 0 Å². The lowest BCUT2D eigenvalue weighted by atomic mass is 9.99. The Labute approximate surface area is 183 Å². The number of hydrogen-bond acceptors (Lipinski definition) is 5. The number of amides is 2. The van der Waals surface area contributed by atoms with E-state index in [0.717, 1.165) is 76.0 Å². The monoisotopic (exact) mass is 443 g/mol. The maximum absolute atomic E-state index is 12.8. The van der Waals surface area contributed by atoms with Gasteiger partial charge >= 0.3 is 6.03 Å². The van der Waals surface area contributed by atoms with Crippen LogP contribution in [0.15, 0.2) is 17.2 Å². The molecule has 31 heavy (non-hydrogen) atoms. The molecule has 2 N–H and O–H groups in total. The third-order valence-electron chi connectivity index (χ3n) is 6.80. The summed E-state index contributed by atoms with van der Waals surface area (Å²) in [6, 6.07) is 3.12. The van der Waals surface area contributed by atoms with E-state index < -0.39 is 16.1 Å². The van der Waals surface area contributed by atoms with Crippen LogP contribution in [0.5, 0.6) is 0 Å². The first kappa shape index (κ1) is 20.5. The van der Waals surface area contributed by atoms with E-state index in [-0.39, 0.29) is 5.03 Å². The van der Waals surface area contributed by atoms with Crippen molar-refractivity contribution in [3.05, 3.63) is 40.1 Å². The van der Waals surface area contributed by atoms with Gasteiger partial charge in [0.2, 0.25) is 0 Å². The molecule has 2 heterocycles. The Hall–Kier alpha value is -2.39. The number of anilines is 1. The van der Waals surface area contributed by atoms with E-state index in [9.17, 15) is 13.2 Å². The number of benzene rings is 1. The third kappa shape index (κ3) is 3.96. The molecule has 8 nitrogen and oxygen atoms in total. The van der Waals surface area contributed by atoms with Crippen molar-refractivity contribution in [3.63, 3.8) is 0 Å². The van der Waals surface area contributed by atoms with Gasteiger partial charge in [0.05, 0.1) is 0 Å². The molecule has 2 aromatic rings. The molecule has 0 saturated carbocycles. The van der Waals surface area contributed by atoms with Gasteiger partial charge in [-0.05, 0) is 80.3 Å². The molecule has 0 bridgehead atoms. The van der Waals surface area contributed by atoms with Gasteiger partial charge in [-0.25, -0.2) is 9.52 Å². The van der Waals surface area contributed by atoms with Gasteiger partial charge in [-0.1, -0.05) is 6.07 Å². The highest BCUT2D eigenvalue weighted by Gasteiger charge is 2.27. The van der Waals surface area contributed by atoms with E-state index in [4.69, 9.17) is 0 Å². The fourth-order valence-electron chi connectivity index (χ4n) is 5.00. The Morgan fingerprint density at radius 2 is 1.71 bits per heavy atom. The predicted octanol–water partition coefficient (Wildman–Crippen LogP) is 2.16. The van der Waals surface area contributed by atoms with Gasteiger partial charge in [0.25, 0.3) is 10.0 Å². The lowest BCUT2D eigenvalue weighted by Gasteiger charge is -2.30. The Morgan fingerprint density at radius 3 is 2.32 bits per heavy atom. The van der Waals surface area contributed by atoms with E-state index >= 15 is 0 Å². The molecule has 0 atom stereocenters. The quantitative estimate of drug-likeness (QED) is 0.713. The molecule has 1 saturated heterocycles. The second-order valence-electron chi connectivity index (χ2n) is 8.84. The molecule has 5 rings (SSSR count). The van der Waals surface area contributed by atoms with Gasteiger partial charge < -0.3 is 10.2 Å². The maximum Gasteiger partial charge on any atom is 0.333 e. The summed E-state index contributed by atoms with van der Waals surface area (Å²) in [7, 11) is -2.31. The molecule has 0 radical (unpaired) electrons. The van der Waals surface area contributed by atoms with Crippen LogP contribution in [0.25, 0.3) is 0 Å². The van der Waals surface area contributed by atoms with Gasteiger partial charge in [-0.3, -0.25) is 4.68 Å². The molecule has 3 aliphatic rings. The smallest absolute Gasteiger partial charge is 0.307 e. The summed E-state index contributed by atoms with van der Waals surface area (Å²) in [6.45, 7) is 3.08. The topological polar surface area (TPSA) is 96.3 Å². The fraction of sp³-hybridized carbons (Fsp3) is 0.545. The number of hydrogen-bond donors (Lipinski definition) is 2. The van der Waals surface area contributed by atoms with Crippen molar-refractivity contribution < 1.29 is 13.2 Å². The van der Waals surface area contributed by atoms with Crippen molar-refractivity contribution in [1.82, 2.24) is 19.4 Å². The number of aryl methyl sites for hydroxylation is 3. The molecular formula is C22H29N5O3S.